The van der Waals surface area contributed by atoms with Crippen molar-refractivity contribution in [2.75, 3.05) is 19.8 Å². The van der Waals surface area contributed by atoms with E-state index in [2.05, 4.69) is 167 Å². The van der Waals surface area contributed by atoms with Crippen LogP contribution in [0, 0.1) is 0 Å². The largest absolute Gasteiger partial charge is 0.462 e. The maximum absolute atomic E-state index is 12.9. The molecule has 5 heteroatoms. The van der Waals surface area contributed by atoms with Gasteiger partial charge in [0.1, 0.15) is 6.61 Å². The van der Waals surface area contributed by atoms with Crippen LogP contribution in [0.25, 0.3) is 0 Å². The lowest BCUT2D eigenvalue weighted by Crippen LogP contribution is -2.30. The predicted octanol–water partition coefficient (Wildman–Crippen LogP) is 21.2. The molecule has 0 aliphatic carbocycles. The molecule has 0 saturated carbocycles. The van der Waals surface area contributed by atoms with Gasteiger partial charge in [-0.05, 0) is 141 Å². The van der Waals surface area contributed by atoms with Crippen LogP contribution in [0.15, 0.2) is 146 Å². The van der Waals surface area contributed by atoms with Crippen LogP contribution in [-0.2, 0) is 23.8 Å². The van der Waals surface area contributed by atoms with Gasteiger partial charge in [-0.25, -0.2) is 0 Å². The van der Waals surface area contributed by atoms with Gasteiger partial charge in [-0.2, -0.15) is 0 Å². The van der Waals surface area contributed by atoms with Crippen LogP contribution in [0.4, 0.5) is 0 Å². The summed E-state index contributed by atoms with van der Waals surface area (Å²) in [4.78, 5) is 25.6. The SMILES string of the molecule is CC/C=C\C/C=C\C/C=C\C/C=C\C/C=C\CCCCCC(=O)OCC(COCCCCCCCCC/C=C\C/C=C\C/C=C\C/C=C\CC)OC(=O)CCCCCCCC/C=C\C/C=C\C/C=C\CCCCC. The molecule has 0 saturated heterocycles. The molecular weight excluding hydrogens is 909 g/mol. The lowest BCUT2D eigenvalue weighted by Gasteiger charge is -2.18. The Bertz CT molecular complexity index is 1580. The molecule has 0 aromatic heterocycles. The van der Waals surface area contributed by atoms with Crippen molar-refractivity contribution in [1.29, 1.82) is 0 Å². The number of rotatable bonds is 54. The second kappa shape index (κ2) is 63.1. The molecule has 0 radical (unpaired) electrons. The smallest absolute Gasteiger partial charge is 0.306 e. The van der Waals surface area contributed by atoms with Crippen LogP contribution in [0.3, 0.4) is 0 Å². The third-order valence-electron chi connectivity index (χ3n) is 12.3. The Morgan fingerprint density at radius 3 is 0.986 bits per heavy atom. The molecule has 0 rings (SSSR count). The summed E-state index contributed by atoms with van der Waals surface area (Å²) in [6.07, 6.45) is 91.6. The molecule has 0 aliphatic rings. The zero-order valence-electron chi connectivity index (χ0n) is 48.1. The summed E-state index contributed by atoms with van der Waals surface area (Å²) in [5.41, 5.74) is 0. The van der Waals surface area contributed by atoms with E-state index in [1.165, 1.54) is 77.0 Å². The van der Waals surface area contributed by atoms with E-state index in [9.17, 15) is 9.59 Å². The first-order valence-corrected chi connectivity index (χ1v) is 30.4. The molecular formula is C69H112O5. The zero-order valence-corrected chi connectivity index (χ0v) is 48.1. The number of hydrogen-bond acceptors (Lipinski definition) is 5. The van der Waals surface area contributed by atoms with Crippen LogP contribution in [-0.4, -0.2) is 37.9 Å². The summed E-state index contributed by atoms with van der Waals surface area (Å²) in [6, 6.07) is 0. The minimum Gasteiger partial charge on any atom is -0.462 e. The lowest BCUT2D eigenvalue weighted by atomic mass is 10.1. The van der Waals surface area contributed by atoms with Crippen molar-refractivity contribution in [2.24, 2.45) is 0 Å². The Morgan fingerprint density at radius 2 is 0.608 bits per heavy atom. The van der Waals surface area contributed by atoms with E-state index in [0.29, 0.717) is 19.4 Å². The van der Waals surface area contributed by atoms with Gasteiger partial charge >= 0.3 is 11.9 Å². The van der Waals surface area contributed by atoms with Gasteiger partial charge in [-0.1, -0.05) is 244 Å². The average molecular weight is 1020 g/mol. The van der Waals surface area contributed by atoms with E-state index in [-0.39, 0.29) is 25.2 Å². The molecule has 0 bridgehead atoms. The molecule has 1 atom stereocenters. The van der Waals surface area contributed by atoms with Crippen molar-refractivity contribution in [3.05, 3.63) is 146 Å². The van der Waals surface area contributed by atoms with Crippen molar-refractivity contribution in [3.8, 4) is 0 Å². The van der Waals surface area contributed by atoms with Gasteiger partial charge in [0.05, 0.1) is 6.61 Å². The minimum absolute atomic E-state index is 0.0484. The highest BCUT2D eigenvalue weighted by atomic mass is 16.6. The summed E-state index contributed by atoms with van der Waals surface area (Å²) in [5.74, 6) is -0.461. The summed E-state index contributed by atoms with van der Waals surface area (Å²) in [6.45, 7) is 7.50. The van der Waals surface area contributed by atoms with Crippen LogP contribution in [0.2, 0.25) is 0 Å². The van der Waals surface area contributed by atoms with Crippen molar-refractivity contribution >= 4 is 11.9 Å². The van der Waals surface area contributed by atoms with Crippen LogP contribution < -0.4 is 0 Å². The molecule has 74 heavy (non-hydrogen) atoms. The van der Waals surface area contributed by atoms with E-state index in [0.717, 1.165) is 141 Å². The number of hydrogen-bond donors (Lipinski definition) is 0. The van der Waals surface area contributed by atoms with Crippen molar-refractivity contribution in [3.63, 3.8) is 0 Å². The second-order valence-electron chi connectivity index (χ2n) is 19.5. The van der Waals surface area contributed by atoms with Gasteiger partial charge in [0.2, 0.25) is 0 Å². The third-order valence-corrected chi connectivity index (χ3v) is 12.3. The molecule has 0 aromatic rings. The molecule has 0 heterocycles. The molecule has 0 spiro atoms. The Balaban J connectivity index is 4.43. The summed E-state index contributed by atoms with van der Waals surface area (Å²) in [7, 11) is 0. The number of unbranched alkanes of at least 4 members (excludes halogenated alkanes) is 19. The highest BCUT2D eigenvalue weighted by Crippen LogP contribution is 2.13. The molecule has 5 nitrogen and oxygen atoms in total. The fourth-order valence-corrected chi connectivity index (χ4v) is 7.89. The van der Waals surface area contributed by atoms with E-state index in [1.807, 2.05) is 0 Å². The molecule has 0 aromatic carbocycles. The van der Waals surface area contributed by atoms with Gasteiger partial charge in [0.15, 0.2) is 6.10 Å². The van der Waals surface area contributed by atoms with Crippen molar-refractivity contribution < 1.29 is 23.8 Å². The highest BCUT2D eigenvalue weighted by molar-refractivity contribution is 5.70. The van der Waals surface area contributed by atoms with E-state index < -0.39 is 6.10 Å². The monoisotopic (exact) mass is 1020 g/mol. The topological polar surface area (TPSA) is 61.8 Å². The molecule has 418 valence electrons. The fraction of sp³-hybridized carbons (Fsp3) is 0.623. The molecule has 0 aliphatic heterocycles. The number of carbonyl (C=O) groups is 2. The predicted molar refractivity (Wildman–Crippen MR) is 325 cm³/mol. The summed E-state index contributed by atoms with van der Waals surface area (Å²) < 4.78 is 17.5. The minimum atomic E-state index is -0.576. The Kier molecular flexibility index (Phi) is 59.5. The Labute approximate surface area is 457 Å². The van der Waals surface area contributed by atoms with Gasteiger partial charge in [-0.3, -0.25) is 9.59 Å². The highest BCUT2D eigenvalue weighted by Gasteiger charge is 2.17. The Hall–Kier alpha value is -4.22. The maximum atomic E-state index is 12.9. The zero-order chi connectivity index (χ0) is 53.4. The molecule has 0 N–H and O–H groups in total. The van der Waals surface area contributed by atoms with E-state index in [1.54, 1.807) is 0 Å². The van der Waals surface area contributed by atoms with Crippen molar-refractivity contribution in [2.45, 2.75) is 258 Å². The van der Waals surface area contributed by atoms with Crippen LogP contribution in [0.1, 0.15) is 252 Å². The molecule has 1 unspecified atom stereocenters. The maximum Gasteiger partial charge on any atom is 0.306 e. The normalized spacial score (nSPS) is 13.3. The van der Waals surface area contributed by atoms with Gasteiger partial charge in [-0.15, -0.1) is 0 Å². The summed E-state index contributed by atoms with van der Waals surface area (Å²) >= 11 is 0. The first-order chi connectivity index (χ1) is 36.6. The summed E-state index contributed by atoms with van der Waals surface area (Å²) in [5, 5.41) is 0. The molecule has 0 fully saturated rings. The number of esters is 2. The standard InChI is InChI=1S/C69H112O5/c1-4-7-10-13-16-19-22-25-28-31-34-37-40-43-46-49-52-55-58-61-64-72-65-67(74-69(71)63-60-57-54-51-48-45-42-39-36-33-30-27-24-21-18-15-12-9-6-3)66-73-68(70)62-59-56-53-50-47-44-41-38-35-32-29-26-23-20-17-14-11-8-5-2/h7-8,10-11,16-21,25-30,34-39,44,47,67H,4-6,9,12-15,22-24,31-33,40-43,45-46,48-66H2,1-3H3/b10-7-,11-8-,19-16-,20-17-,21-18-,28-25-,29-26-,30-27-,37-34-,38-35-,39-36-,47-44-. The van der Waals surface area contributed by atoms with Gasteiger partial charge in [0.25, 0.3) is 0 Å². The third kappa shape index (κ3) is 60.3. The first-order valence-electron chi connectivity index (χ1n) is 30.4. The fourth-order valence-electron chi connectivity index (χ4n) is 7.89. The van der Waals surface area contributed by atoms with Gasteiger partial charge in [0, 0.05) is 19.4 Å². The van der Waals surface area contributed by atoms with Crippen molar-refractivity contribution in [1.82, 2.24) is 0 Å². The number of allylic oxidation sites excluding steroid dienone is 24. The average Bonchev–Trinajstić information content (AvgIpc) is 3.40. The Morgan fingerprint density at radius 1 is 0.311 bits per heavy atom. The van der Waals surface area contributed by atoms with Crippen LogP contribution in [0.5, 0.6) is 0 Å². The number of ether oxygens (including phenoxy) is 3. The molecule has 0 amide bonds. The van der Waals surface area contributed by atoms with Gasteiger partial charge < -0.3 is 14.2 Å². The first kappa shape index (κ1) is 69.8. The van der Waals surface area contributed by atoms with E-state index in [4.69, 9.17) is 14.2 Å². The van der Waals surface area contributed by atoms with Crippen LogP contribution >= 0.6 is 0 Å². The van der Waals surface area contributed by atoms with E-state index >= 15 is 0 Å². The number of carbonyl (C=O) groups excluding carboxylic acids is 2. The lowest BCUT2D eigenvalue weighted by molar-refractivity contribution is -0.163. The quantitative estimate of drug-likeness (QED) is 0.0345. The second-order valence-corrected chi connectivity index (χ2v) is 19.5.